The fourth-order valence-corrected chi connectivity index (χ4v) is 1.73. The number of hydrogen-bond donors (Lipinski definition) is 3. The summed E-state index contributed by atoms with van der Waals surface area (Å²) >= 11 is 0. The fourth-order valence-electron chi connectivity index (χ4n) is 1.73. The van der Waals surface area contributed by atoms with Gasteiger partial charge in [0.1, 0.15) is 5.82 Å². The van der Waals surface area contributed by atoms with Crippen LogP contribution >= 0.6 is 0 Å². The average molecular weight is 288 g/mol. The molecule has 5 nitrogen and oxygen atoms in total. The molecule has 3 N–H and O–H groups in total. The maximum absolute atomic E-state index is 13.4. The largest absolute Gasteiger partial charge is 0.481 e. The van der Waals surface area contributed by atoms with Crippen LogP contribution < -0.4 is 10.6 Å². The van der Waals surface area contributed by atoms with E-state index in [1.165, 1.54) is 18.2 Å². The van der Waals surface area contributed by atoms with Gasteiger partial charge in [-0.2, -0.15) is 0 Å². The topological polar surface area (TPSA) is 78.4 Å². The van der Waals surface area contributed by atoms with E-state index in [-0.39, 0.29) is 12.1 Å². The molecule has 0 aliphatic carbocycles. The summed E-state index contributed by atoms with van der Waals surface area (Å²) in [4.78, 5) is 22.3. The third-order valence-corrected chi connectivity index (χ3v) is 2.69. The zero-order valence-electron chi connectivity index (χ0n) is 11.0. The van der Waals surface area contributed by atoms with Crippen molar-refractivity contribution in [2.45, 2.75) is 6.42 Å². The first kappa shape index (κ1) is 14.5. The van der Waals surface area contributed by atoms with Gasteiger partial charge in [-0.25, -0.2) is 9.18 Å². The van der Waals surface area contributed by atoms with Crippen molar-refractivity contribution in [2.24, 2.45) is 0 Å². The molecule has 0 unspecified atom stereocenters. The number of amides is 2. The van der Waals surface area contributed by atoms with Gasteiger partial charge in [-0.1, -0.05) is 24.3 Å². The highest BCUT2D eigenvalue weighted by Crippen LogP contribution is 2.14. The van der Waals surface area contributed by atoms with E-state index in [0.29, 0.717) is 11.3 Å². The van der Waals surface area contributed by atoms with Crippen molar-refractivity contribution in [3.63, 3.8) is 0 Å². The number of carbonyl (C=O) groups excluding carboxylic acids is 1. The minimum atomic E-state index is -0.923. The number of halogens is 1. The summed E-state index contributed by atoms with van der Waals surface area (Å²) in [6.45, 7) is 0. The molecular weight excluding hydrogens is 275 g/mol. The molecule has 0 aliphatic rings. The molecule has 2 rings (SSSR count). The van der Waals surface area contributed by atoms with Crippen LogP contribution in [0, 0.1) is 5.82 Å². The van der Waals surface area contributed by atoms with Gasteiger partial charge in [-0.3, -0.25) is 4.79 Å². The maximum atomic E-state index is 13.4. The number of aliphatic carboxylic acids is 1. The van der Waals surface area contributed by atoms with Gasteiger partial charge in [-0.15, -0.1) is 0 Å². The SMILES string of the molecule is O=C(O)Cc1ccc(NC(=O)Nc2ccccc2F)cc1. The molecule has 108 valence electrons. The summed E-state index contributed by atoms with van der Waals surface area (Å²) in [5, 5.41) is 13.6. The first-order chi connectivity index (χ1) is 10.0. The molecule has 2 amide bonds. The molecule has 0 bridgehead atoms. The van der Waals surface area contributed by atoms with Gasteiger partial charge >= 0.3 is 12.0 Å². The monoisotopic (exact) mass is 288 g/mol. The molecule has 0 radical (unpaired) electrons. The van der Waals surface area contributed by atoms with Gasteiger partial charge in [0.2, 0.25) is 0 Å². The number of hydrogen-bond acceptors (Lipinski definition) is 2. The van der Waals surface area contributed by atoms with E-state index >= 15 is 0 Å². The van der Waals surface area contributed by atoms with Crippen molar-refractivity contribution in [3.8, 4) is 0 Å². The summed E-state index contributed by atoms with van der Waals surface area (Å²) in [5.41, 5.74) is 1.19. The van der Waals surface area contributed by atoms with Crippen LogP contribution in [0.5, 0.6) is 0 Å². The number of rotatable bonds is 4. The molecule has 0 saturated heterocycles. The molecule has 0 atom stereocenters. The van der Waals surface area contributed by atoms with E-state index in [2.05, 4.69) is 10.6 Å². The zero-order chi connectivity index (χ0) is 15.2. The molecule has 0 aromatic heterocycles. The van der Waals surface area contributed by atoms with Crippen molar-refractivity contribution in [1.82, 2.24) is 0 Å². The van der Waals surface area contributed by atoms with Crippen LogP contribution in [0.25, 0.3) is 0 Å². The van der Waals surface area contributed by atoms with E-state index in [9.17, 15) is 14.0 Å². The second-order valence-electron chi connectivity index (χ2n) is 4.33. The summed E-state index contributed by atoms with van der Waals surface area (Å²) < 4.78 is 13.4. The van der Waals surface area contributed by atoms with E-state index in [1.807, 2.05) is 0 Å². The lowest BCUT2D eigenvalue weighted by Gasteiger charge is -2.08. The van der Waals surface area contributed by atoms with Gasteiger partial charge in [0, 0.05) is 5.69 Å². The number of carboxylic acids is 1. The number of para-hydroxylation sites is 1. The van der Waals surface area contributed by atoms with Gasteiger partial charge in [0.25, 0.3) is 0 Å². The van der Waals surface area contributed by atoms with Crippen molar-refractivity contribution in [1.29, 1.82) is 0 Å². The normalized spacial score (nSPS) is 9.95. The lowest BCUT2D eigenvalue weighted by molar-refractivity contribution is -0.136. The van der Waals surface area contributed by atoms with Crippen LogP contribution in [0.2, 0.25) is 0 Å². The number of nitrogens with one attached hydrogen (secondary N) is 2. The van der Waals surface area contributed by atoms with Crippen molar-refractivity contribution < 1.29 is 19.1 Å². The number of urea groups is 1. The molecule has 0 spiro atoms. The van der Waals surface area contributed by atoms with Crippen LogP contribution in [0.1, 0.15) is 5.56 Å². The van der Waals surface area contributed by atoms with E-state index < -0.39 is 17.8 Å². The van der Waals surface area contributed by atoms with Crippen LogP contribution in [0.4, 0.5) is 20.6 Å². The van der Waals surface area contributed by atoms with Crippen LogP contribution in [0.15, 0.2) is 48.5 Å². The summed E-state index contributed by atoms with van der Waals surface area (Å²) in [7, 11) is 0. The van der Waals surface area contributed by atoms with E-state index in [1.54, 1.807) is 30.3 Å². The Bertz CT molecular complexity index is 656. The molecule has 2 aromatic rings. The second kappa shape index (κ2) is 6.51. The van der Waals surface area contributed by atoms with Gasteiger partial charge in [0.15, 0.2) is 0 Å². The second-order valence-corrected chi connectivity index (χ2v) is 4.33. The number of carbonyl (C=O) groups is 2. The Morgan fingerprint density at radius 3 is 2.29 bits per heavy atom. The molecule has 0 fully saturated rings. The molecule has 6 heteroatoms. The smallest absolute Gasteiger partial charge is 0.323 e. The molecule has 2 aromatic carbocycles. The van der Waals surface area contributed by atoms with Crippen molar-refractivity contribution >= 4 is 23.4 Å². The van der Waals surface area contributed by atoms with Gasteiger partial charge in [-0.05, 0) is 29.8 Å². The minimum Gasteiger partial charge on any atom is -0.481 e. The standard InChI is InChI=1S/C15H13FN2O3/c16-12-3-1-2-4-13(12)18-15(21)17-11-7-5-10(6-8-11)9-14(19)20/h1-8H,9H2,(H,19,20)(H2,17,18,21). The quantitative estimate of drug-likeness (QED) is 0.809. The summed E-state index contributed by atoms with van der Waals surface area (Å²) in [6, 6.07) is 11.6. The summed E-state index contributed by atoms with van der Waals surface area (Å²) in [6.07, 6.45) is -0.0816. The first-order valence-electron chi connectivity index (χ1n) is 6.18. The molecule has 0 heterocycles. The third-order valence-electron chi connectivity index (χ3n) is 2.69. The Kier molecular flexibility index (Phi) is 4.50. The Labute approximate surface area is 120 Å². The highest BCUT2D eigenvalue weighted by atomic mass is 19.1. The highest BCUT2D eigenvalue weighted by molar-refractivity contribution is 5.99. The third kappa shape index (κ3) is 4.31. The Balaban J connectivity index is 1.96. The maximum Gasteiger partial charge on any atom is 0.323 e. The zero-order valence-corrected chi connectivity index (χ0v) is 11.0. The van der Waals surface area contributed by atoms with Gasteiger partial charge < -0.3 is 15.7 Å². The van der Waals surface area contributed by atoms with Crippen molar-refractivity contribution in [2.75, 3.05) is 10.6 Å². The Morgan fingerprint density at radius 1 is 1.00 bits per heavy atom. The lowest BCUT2D eigenvalue weighted by atomic mass is 10.1. The fraction of sp³-hybridized carbons (Fsp3) is 0.0667. The molecule has 21 heavy (non-hydrogen) atoms. The first-order valence-corrected chi connectivity index (χ1v) is 6.18. The van der Waals surface area contributed by atoms with Gasteiger partial charge in [0.05, 0.1) is 12.1 Å². The van der Waals surface area contributed by atoms with Crippen molar-refractivity contribution in [3.05, 3.63) is 59.9 Å². The number of anilines is 2. The van der Waals surface area contributed by atoms with Crippen LogP contribution in [-0.4, -0.2) is 17.1 Å². The number of carboxylic acid groups (broad SMARTS) is 1. The molecule has 0 saturated carbocycles. The minimum absolute atomic E-state index is 0.0810. The molecular formula is C15H13FN2O3. The lowest BCUT2D eigenvalue weighted by Crippen LogP contribution is -2.20. The predicted molar refractivity (Wildman–Crippen MR) is 76.8 cm³/mol. The summed E-state index contributed by atoms with van der Waals surface area (Å²) in [5.74, 6) is -1.45. The van der Waals surface area contributed by atoms with E-state index in [0.717, 1.165) is 0 Å². The predicted octanol–water partition coefficient (Wildman–Crippen LogP) is 3.10. The van der Waals surface area contributed by atoms with Crippen LogP contribution in [-0.2, 0) is 11.2 Å². The highest BCUT2D eigenvalue weighted by Gasteiger charge is 2.06. The number of benzene rings is 2. The van der Waals surface area contributed by atoms with Crippen LogP contribution in [0.3, 0.4) is 0 Å². The molecule has 0 aliphatic heterocycles. The average Bonchev–Trinajstić information content (AvgIpc) is 2.43. The van der Waals surface area contributed by atoms with E-state index in [4.69, 9.17) is 5.11 Å². The Morgan fingerprint density at radius 2 is 1.67 bits per heavy atom. The Hall–Kier alpha value is -2.89.